The fourth-order valence-corrected chi connectivity index (χ4v) is 3.01. The minimum absolute atomic E-state index is 0.326. The number of hydrogen-bond donors (Lipinski definition) is 0. The second-order valence-corrected chi connectivity index (χ2v) is 6.73. The largest absolute Gasteiger partial charge is 0.332 e. The Balaban J connectivity index is 2.22. The van der Waals surface area contributed by atoms with Gasteiger partial charge in [0.25, 0.3) is 0 Å². The topological polar surface area (TPSA) is 47.0 Å². The lowest BCUT2D eigenvalue weighted by atomic mass is 10.1. The number of nitrogens with zero attached hydrogens (tertiary/aromatic N) is 1. The van der Waals surface area contributed by atoms with Crippen LogP contribution in [-0.4, -0.2) is 13.4 Å². The van der Waals surface area contributed by atoms with E-state index < -0.39 is 15.1 Å². The second-order valence-electron chi connectivity index (χ2n) is 4.98. The highest BCUT2D eigenvalue weighted by Crippen LogP contribution is 2.30. The molecule has 0 spiro atoms. The third-order valence-corrected chi connectivity index (χ3v) is 4.45. The molecule has 22 heavy (non-hydrogen) atoms. The first kappa shape index (κ1) is 14.9. The number of aromatic nitrogens is 1. The molecule has 0 aliphatic heterocycles. The van der Waals surface area contributed by atoms with Crippen LogP contribution in [0.2, 0.25) is 5.02 Å². The van der Waals surface area contributed by atoms with Gasteiger partial charge in [0.15, 0.2) is 0 Å². The summed E-state index contributed by atoms with van der Waals surface area (Å²) >= 11 is 6.22. The van der Waals surface area contributed by atoms with E-state index in [0.29, 0.717) is 21.6 Å². The van der Waals surface area contributed by atoms with Crippen molar-refractivity contribution in [3.05, 3.63) is 59.1 Å². The molecule has 3 rings (SSSR count). The molecule has 0 fully saturated rings. The number of fused-ring (bicyclic) bond motifs is 1. The highest BCUT2D eigenvalue weighted by molar-refractivity contribution is 7.86. The lowest BCUT2D eigenvalue weighted by Gasteiger charge is -2.07. The van der Waals surface area contributed by atoms with Gasteiger partial charge in [0.1, 0.15) is 0 Å². The quantitative estimate of drug-likeness (QED) is 0.647. The molecule has 2 aromatic carbocycles. The van der Waals surface area contributed by atoms with E-state index in [2.05, 4.69) is 4.98 Å². The van der Waals surface area contributed by atoms with Crippen molar-refractivity contribution >= 4 is 32.7 Å². The van der Waals surface area contributed by atoms with Crippen molar-refractivity contribution in [2.45, 2.75) is 11.8 Å². The van der Waals surface area contributed by atoms with Crippen LogP contribution in [0.25, 0.3) is 22.2 Å². The Labute approximate surface area is 132 Å². The predicted molar refractivity (Wildman–Crippen MR) is 85.2 cm³/mol. The van der Waals surface area contributed by atoms with Gasteiger partial charge in [-0.2, -0.15) is 8.42 Å². The molecule has 0 aliphatic rings. The third-order valence-electron chi connectivity index (χ3n) is 3.33. The van der Waals surface area contributed by atoms with Crippen LogP contribution in [0.1, 0.15) is 5.56 Å². The van der Waals surface area contributed by atoms with Crippen molar-refractivity contribution in [2.24, 2.45) is 0 Å². The van der Waals surface area contributed by atoms with E-state index >= 15 is 0 Å². The van der Waals surface area contributed by atoms with E-state index in [-0.39, 0.29) is 0 Å². The van der Waals surface area contributed by atoms with Crippen LogP contribution in [0, 0.1) is 6.92 Å². The van der Waals surface area contributed by atoms with Crippen LogP contribution in [0.3, 0.4) is 0 Å². The number of rotatable bonds is 2. The molecule has 0 radical (unpaired) electrons. The molecule has 0 atom stereocenters. The third kappa shape index (κ3) is 2.82. The van der Waals surface area contributed by atoms with Crippen LogP contribution in [0.15, 0.2) is 53.4 Å². The first-order valence-corrected chi connectivity index (χ1v) is 8.23. The molecular weight excluding hydrogens is 325 g/mol. The van der Waals surface area contributed by atoms with Gasteiger partial charge in [0.2, 0.25) is 0 Å². The van der Waals surface area contributed by atoms with Gasteiger partial charge in [-0.3, -0.25) is 0 Å². The summed E-state index contributed by atoms with van der Waals surface area (Å²) in [6.45, 7) is 1.98. The lowest BCUT2D eigenvalue weighted by Crippen LogP contribution is -1.93. The molecule has 3 nitrogen and oxygen atoms in total. The minimum Gasteiger partial charge on any atom is -0.248 e. The predicted octanol–water partition coefficient (Wildman–Crippen LogP) is 4.52. The van der Waals surface area contributed by atoms with Gasteiger partial charge in [0, 0.05) is 10.9 Å². The summed E-state index contributed by atoms with van der Waals surface area (Å²) in [4.78, 5) is 4.04. The maximum absolute atomic E-state index is 13.1. The summed E-state index contributed by atoms with van der Waals surface area (Å²) in [5.74, 6) is 0. The molecule has 0 bridgehead atoms. The molecule has 0 N–H and O–H groups in total. The van der Waals surface area contributed by atoms with Crippen molar-refractivity contribution in [3.8, 4) is 11.3 Å². The fourth-order valence-electron chi connectivity index (χ4n) is 2.27. The average molecular weight is 336 g/mol. The van der Waals surface area contributed by atoms with E-state index in [0.717, 1.165) is 11.1 Å². The Kier molecular flexibility index (Phi) is 3.62. The van der Waals surface area contributed by atoms with Crippen molar-refractivity contribution in [1.82, 2.24) is 4.98 Å². The SMILES string of the molecule is Cc1cccc(-c2cc(Cl)c3cc(S(=O)(=O)F)ccc3n2)c1. The first-order chi connectivity index (χ1) is 10.3. The van der Waals surface area contributed by atoms with E-state index in [9.17, 15) is 12.3 Å². The van der Waals surface area contributed by atoms with Crippen LogP contribution in [0.4, 0.5) is 3.89 Å². The highest BCUT2D eigenvalue weighted by Gasteiger charge is 2.14. The summed E-state index contributed by atoms with van der Waals surface area (Å²) in [6, 6.07) is 13.3. The van der Waals surface area contributed by atoms with Crippen LogP contribution in [-0.2, 0) is 10.2 Å². The molecular formula is C16H11ClFNO2S. The molecule has 6 heteroatoms. The van der Waals surface area contributed by atoms with Gasteiger partial charge in [-0.05, 0) is 37.3 Å². The van der Waals surface area contributed by atoms with Crippen molar-refractivity contribution in [1.29, 1.82) is 0 Å². The van der Waals surface area contributed by atoms with Gasteiger partial charge >= 0.3 is 10.2 Å². The Hall–Kier alpha value is -1.98. The number of benzene rings is 2. The zero-order valence-corrected chi connectivity index (χ0v) is 13.1. The number of aryl methyl sites for hydroxylation is 1. The lowest BCUT2D eigenvalue weighted by molar-refractivity contribution is 0.552. The Morgan fingerprint density at radius 1 is 1.09 bits per heavy atom. The highest BCUT2D eigenvalue weighted by atomic mass is 35.5. The Bertz CT molecular complexity index is 987. The van der Waals surface area contributed by atoms with Crippen LogP contribution < -0.4 is 0 Å². The van der Waals surface area contributed by atoms with Crippen LogP contribution >= 0.6 is 11.6 Å². The molecule has 1 aromatic heterocycles. The summed E-state index contributed by atoms with van der Waals surface area (Å²) < 4.78 is 35.0. The standard InChI is InChI=1S/C16H11ClFNO2S/c1-10-3-2-4-11(7-10)16-9-14(17)13-8-12(22(18,20)21)5-6-15(13)19-16/h2-9H,1H3. The van der Waals surface area contributed by atoms with Gasteiger partial charge < -0.3 is 0 Å². The summed E-state index contributed by atoms with van der Waals surface area (Å²) in [5.41, 5.74) is 3.19. The van der Waals surface area contributed by atoms with Crippen molar-refractivity contribution in [2.75, 3.05) is 0 Å². The molecule has 0 saturated carbocycles. The number of pyridine rings is 1. The molecule has 0 unspecified atom stereocenters. The minimum atomic E-state index is -4.77. The second kappa shape index (κ2) is 5.34. The molecule has 0 aliphatic carbocycles. The summed E-state index contributed by atoms with van der Waals surface area (Å²) in [6.07, 6.45) is 0. The van der Waals surface area contributed by atoms with Crippen molar-refractivity contribution in [3.63, 3.8) is 0 Å². The fraction of sp³-hybridized carbons (Fsp3) is 0.0625. The van der Waals surface area contributed by atoms with E-state index in [4.69, 9.17) is 11.6 Å². The number of hydrogen-bond acceptors (Lipinski definition) is 3. The molecule has 3 aromatic rings. The zero-order valence-electron chi connectivity index (χ0n) is 11.5. The van der Waals surface area contributed by atoms with Gasteiger partial charge in [-0.15, -0.1) is 3.89 Å². The normalized spacial score (nSPS) is 11.8. The first-order valence-electron chi connectivity index (χ1n) is 6.46. The van der Waals surface area contributed by atoms with E-state index in [1.54, 1.807) is 6.07 Å². The van der Waals surface area contributed by atoms with Gasteiger partial charge in [0.05, 0.1) is 21.1 Å². The molecule has 112 valence electrons. The summed E-state index contributed by atoms with van der Waals surface area (Å²) in [7, 11) is -4.77. The Morgan fingerprint density at radius 3 is 2.55 bits per heavy atom. The van der Waals surface area contributed by atoms with E-state index in [1.807, 2.05) is 31.2 Å². The van der Waals surface area contributed by atoms with Crippen molar-refractivity contribution < 1.29 is 12.3 Å². The van der Waals surface area contributed by atoms with Gasteiger partial charge in [-0.1, -0.05) is 35.4 Å². The van der Waals surface area contributed by atoms with Crippen LogP contribution in [0.5, 0.6) is 0 Å². The number of halogens is 2. The Morgan fingerprint density at radius 2 is 1.86 bits per heavy atom. The zero-order chi connectivity index (χ0) is 15.9. The smallest absolute Gasteiger partial charge is 0.248 e. The molecule has 0 saturated heterocycles. The molecule has 1 heterocycles. The average Bonchev–Trinajstić information content (AvgIpc) is 2.46. The maximum Gasteiger partial charge on any atom is 0.332 e. The van der Waals surface area contributed by atoms with Gasteiger partial charge in [-0.25, -0.2) is 4.98 Å². The summed E-state index contributed by atoms with van der Waals surface area (Å²) in [5, 5.41) is 0.726. The monoisotopic (exact) mass is 335 g/mol. The molecule has 0 amide bonds. The maximum atomic E-state index is 13.1. The van der Waals surface area contributed by atoms with E-state index in [1.165, 1.54) is 18.2 Å².